The quantitative estimate of drug-likeness (QED) is 0.749. The van der Waals surface area contributed by atoms with Gasteiger partial charge in [0.15, 0.2) is 0 Å². The largest absolute Gasteiger partial charge is 0.351 e. The van der Waals surface area contributed by atoms with Crippen molar-refractivity contribution >= 4 is 5.91 Å². The van der Waals surface area contributed by atoms with E-state index in [2.05, 4.69) is 19.2 Å². The third-order valence-electron chi connectivity index (χ3n) is 3.82. The van der Waals surface area contributed by atoms with E-state index in [1.165, 1.54) is 12.8 Å². The third kappa shape index (κ3) is 2.71. The minimum Gasteiger partial charge on any atom is -0.351 e. The van der Waals surface area contributed by atoms with Gasteiger partial charge in [-0.05, 0) is 31.6 Å². The Balaban J connectivity index is 2.59. The molecule has 2 unspecified atom stereocenters. The minimum absolute atomic E-state index is 0.00928. The van der Waals surface area contributed by atoms with Crippen LogP contribution in [0.5, 0.6) is 0 Å². The van der Waals surface area contributed by atoms with E-state index in [9.17, 15) is 4.79 Å². The second kappa shape index (κ2) is 4.12. The summed E-state index contributed by atoms with van der Waals surface area (Å²) < 4.78 is 0. The highest BCUT2D eigenvalue weighted by Gasteiger charge is 2.37. The molecule has 15 heavy (non-hydrogen) atoms. The van der Waals surface area contributed by atoms with Gasteiger partial charge in [0.1, 0.15) is 0 Å². The number of nitrogens with two attached hydrogens (primary N) is 1. The first-order valence-corrected chi connectivity index (χ1v) is 5.89. The average Bonchev–Trinajstić information content (AvgIpc) is 2.46. The van der Waals surface area contributed by atoms with Crippen LogP contribution in [0.25, 0.3) is 0 Å². The summed E-state index contributed by atoms with van der Waals surface area (Å²) in [4.78, 5) is 11.9. The molecule has 0 bridgehead atoms. The van der Waals surface area contributed by atoms with Crippen molar-refractivity contribution in [1.82, 2.24) is 5.32 Å². The number of nitrogens with one attached hydrogen (secondary N) is 1. The topological polar surface area (TPSA) is 55.1 Å². The fourth-order valence-corrected chi connectivity index (χ4v) is 2.08. The molecule has 0 spiro atoms. The van der Waals surface area contributed by atoms with Crippen LogP contribution in [0.1, 0.15) is 53.4 Å². The van der Waals surface area contributed by atoms with Crippen LogP contribution in [0.3, 0.4) is 0 Å². The van der Waals surface area contributed by atoms with Crippen LogP contribution in [-0.2, 0) is 4.79 Å². The lowest BCUT2D eigenvalue weighted by Gasteiger charge is -2.31. The first-order valence-electron chi connectivity index (χ1n) is 5.89. The predicted octanol–water partition coefficient (Wildman–Crippen LogP) is 1.81. The first-order chi connectivity index (χ1) is 6.79. The molecule has 0 aromatic carbocycles. The molecule has 1 aliphatic rings. The van der Waals surface area contributed by atoms with Gasteiger partial charge in [0.25, 0.3) is 0 Å². The Morgan fingerprint density at radius 2 is 2.20 bits per heavy atom. The lowest BCUT2D eigenvalue weighted by atomic mass is 9.86. The van der Waals surface area contributed by atoms with Crippen molar-refractivity contribution < 1.29 is 4.79 Å². The van der Waals surface area contributed by atoms with Gasteiger partial charge >= 0.3 is 0 Å². The molecule has 0 saturated heterocycles. The predicted molar refractivity (Wildman–Crippen MR) is 62.4 cm³/mol. The summed E-state index contributed by atoms with van der Waals surface area (Å²) in [5, 5.41) is 3.10. The van der Waals surface area contributed by atoms with E-state index in [4.69, 9.17) is 5.73 Å². The lowest BCUT2D eigenvalue weighted by molar-refractivity contribution is -0.127. The zero-order valence-corrected chi connectivity index (χ0v) is 10.4. The highest BCUT2D eigenvalue weighted by atomic mass is 16.2. The van der Waals surface area contributed by atoms with Crippen molar-refractivity contribution in [3.63, 3.8) is 0 Å². The molecule has 0 heterocycles. The smallest absolute Gasteiger partial charge is 0.240 e. The maximum absolute atomic E-state index is 11.9. The maximum atomic E-state index is 11.9. The molecule has 0 aliphatic heterocycles. The maximum Gasteiger partial charge on any atom is 0.240 e. The molecule has 3 N–H and O–H groups in total. The van der Waals surface area contributed by atoms with Gasteiger partial charge in [-0.2, -0.15) is 0 Å². The molecule has 1 amide bonds. The second-order valence-electron chi connectivity index (χ2n) is 5.68. The van der Waals surface area contributed by atoms with Crippen molar-refractivity contribution in [2.75, 3.05) is 0 Å². The minimum atomic E-state index is -0.724. The van der Waals surface area contributed by atoms with Crippen LogP contribution in [0, 0.1) is 5.41 Å². The molecule has 0 radical (unpaired) electrons. The highest BCUT2D eigenvalue weighted by molar-refractivity contribution is 5.85. The first kappa shape index (κ1) is 12.5. The Labute approximate surface area is 92.8 Å². The van der Waals surface area contributed by atoms with E-state index in [0.717, 1.165) is 6.42 Å². The Kier molecular flexibility index (Phi) is 3.44. The molecule has 3 nitrogen and oxygen atoms in total. The normalized spacial score (nSPS) is 28.5. The molecule has 0 aromatic heterocycles. The van der Waals surface area contributed by atoms with E-state index >= 15 is 0 Å². The van der Waals surface area contributed by atoms with Crippen molar-refractivity contribution in [2.24, 2.45) is 11.1 Å². The van der Waals surface area contributed by atoms with E-state index in [1.54, 1.807) is 6.92 Å². The molecular weight excluding hydrogens is 188 g/mol. The van der Waals surface area contributed by atoms with Gasteiger partial charge < -0.3 is 11.1 Å². The summed E-state index contributed by atoms with van der Waals surface area (Å²) in [6, 6.07) is 0.291. The van der Waals surface area contributed by atoms with E-state index in [0.29, 0.717) is 12.5 Å². The lowest BCUT2D eigenvalue weighted by Crippen LogP contribution is -2.55. The SMILES string of the molecule is CCC(C)(N)C(=O)NC1CCCC1(C)C. The molecule has 1 fully saturated rings. The number of hydrogen-bond donors (Lipinski definition) is 2. The number of hydrogen-bond acceptors (Lipinski definition) is 2. The van der Waals surface area contributed by atoms with Crippen molar-refractivity contribution in [3.05, 3.63) is 0 Å². The fraction of sp³-hybridized carbons (Fsp3) is 0.917. The number of carbonyl (C=O) groups excluding carboxylic acids is 1. The summed E-state index contributed by atoms with van der Waals surface area (Å²) in [5.74, 6) is -0.00928. The number of rotatable bonds is 3. The molecule has 1 saturated carbocycles. The van der Waals surface area contributed by atoms with Crippen LogP contribution in [0.4, 0.5) is 0 Å². The van der Waals surface area contributed by atoms with E-state index in [1.807, 2.05) is 6.92 Å². The zero-order valence-electron chi connectivity index (χ0n) is 10.4. The molecule has 1 rings (SSSR count). The van der Waals surface area contributed by atoms with Crippen LogP contribution in [0.2, 0.25) is 0 Å². The Bertz CT molecular complexity index is 246. The van der Waals surface area contributed by atoms with Gasteiger partial charge in [0, 0.05) is 6.04 Å². The molecule has 88 valence electrons. The summed E-state index contributed by atoms with van der Waals surface area (Å²) >= 11 is 0. The van der Waals surface area contributed by atoms with Gasteiger partial charge in [-0.15, -0.1) is 0 Å². The summed E-state index contributed by atoms with van der Waals surface area (Å²) in [6.07, 6.45) is 4.14. The van der Waals surface area contributed by atoms with Gasteiger partial charge in [-0.25, -0.2) is 0 Å². The molecule has 1 aliphatic carbocycles. The second-order valence-corrected chi connectivity index (χ2v) is 5.68. The van der Waals surface area contributed by atoms with Crippen molar-refractivity contribution in [2.45, 2.75) is 65.0 Å². The fourth-order valence-electron chi connectivity index (χ4n) is 2.08. The molecule has 3 heteroatoms. The Morgan fingerprint density at radius 1 is 1.60 bits per heavy atom. The summed E-state index contributed by atoms with van der Waals surface area (Å²) in [5.41, 5.74) is 5.41. The average molecular weight is 212 g/mol. The van der Waals surface area contributed by atoms with Crippen LogP contribution in [-0.4, -0.2) is 17.5 Å². The summed E-state index contributed by atoms with van der Waals surface area (Å²) in [6.45, 7) is 8.17. The van der Waals surface area contributed by atoms with Crippen LogP contribution >= 0.6 is 0 Å². The Hall–Kier alpha value is -0.570. The molecular formula is C12H24N2O. The number of amides is 1. The Morgan fingerprint density at radius 3 is 2.60 bits per heavy atom. The monoisotopic (exact) mass is 212 g/mol. The van der Waals surface area contributed by atoms with Gasteiger partial charge in [-0.3, -0.25) is 4.79 Å². The van der Waals surface area contributed by atoms with E-state index in [-0.39, 0.29) is 11.3 Å². The van der Waals surface area contributed by atoms with Crippen molar-refractivity contribution in [3.8, 4) is 0 Å². The van der Waals surface area contributed by atoms with Gasteiger partial charge in [0.2, 0.25) is 5.91 Å². The van der Waals surface area contributed by atoms with Crippen LogP contribution < -0.4 is 11.1 Å². The number of carbonyl (C=O) groups is 1. The standard InChI is InChI=1S/C12H24N2O/c1-5-12(4,13)10(15)14-9-7-6-8-11(9,2)3/h9H,5-8,13H2,1-4H3,(H,14,15). The highest BCUT2D eigenvalue weighted by Crippen LogP contribution is 2.37. The molecule has 2 atom stereocenters. The third-order valence-corrected chi connectivity index (χ3v) is 3.82. The van der Waals surface area contributed by atoms with Gasteiger partial charge in [0.05, 0.1) is 5.54 Å². The zero-order chi connectivity index (χ0) is 11.7. The van der Waals surface area contributed by atoms with Crippen LogP contribution in [0.15, 0.2) is 0 Å². The van der Waals surface area contributed by atoms with E-state index < -0.39 is 5.54 Å². The summed E-state index contributed by atoms with van der Waals surface area (Å²) in [7, 11) is 0. The molecule has 0 aromatic rings. The van der Waals surface area contributed by atoms with Gasteiger partial charge in [-0.1, -0.05) is 27.2 Å². The van der Waals surface area contributed by atoms with Crippen molar-refractivity contribution in [1.29, 1.82) is 0 Å².